The molecule has 1 atom stereocenters. The number of aliphatic imine (C=N–C) groups is 1. The number of halogens is 1. The van der Waals surface area contributed by atoms with E-state index in [1.54, 1.807) is 13.2 Å². The maximum Gasteiger partial charge on any atom is 0.227 e. The van der Waals surface area contributed by atoms with Gasteiger partial charge in [-0.05, 0) is 30.2 Å². The van der Waals surface area contributed by atoms with E-state index in [1.807, 2.05) is 55.9 Å². The maximum absolute atomic E-state index is 12.0. The Balaban J connectivity index is 0.00000364. The molecular formula is C19H29IN6O. The largest absolute Gasteiger partial charge is 0.352 e. The molecule has 0 aliphatic rings. The van der Waals surface area contributed by atoms with Crippen molar-refractivity contribution in [1.29, 1.82) is 0 Å². The Labute approximate surface area is 178 Å². The van der Waals surface area contributed by atoms with Crippen molar-refractivity contribution in [2.45, 2.75) is 33.4 Å². The highest BCUT2D eigenvalue weighted by Gasteiger charge is 2.10. The van der Waals surface area contributed by atoms with Crippen LogP contribution in [0.4, 0.5) is 5.69 Å². The van der Waals surface area contributed by atoms with E-state index in [9.17, 15) is 4.79 Å². The number of amides is 1. The Kier molecular flexibility index (Phi) is 9.84. The van der Waals surface area contributed by atoms with Crippen LogP contribution >= 0.6 is 24.0 Å². The van der Waals surface area contributed by atoms with Gasteiger partial charge in [0.2, 0.25) is 5.91 Å². The number of benzene rings is 1. The SMILES string of the molecule is CCC(C)C(=O)Nc1cccc(CNC(=NC)NCc2ccnn2C)c1.I. The van der Waals surface area contributed by atoms with Crippen molar-refractivity contribution >= 4 is 41.5 Å². The molecular weight excluding hydrogens is 455 g/mol. The van der Waals surface area contributed by atoms with Crippen molar-refractivity contribution in [3.8, 4) is 0 Å². The fraction of sp³-hybridized carbons (Fsp3) is 0.421. The number of aryl methyl sites for hydroxylation is 1. The summed E-state index contributed by atoms with van der Waals surface area (Å²) in [7, 11) is 3.65. The number of rotatable bonds is 7. The molecule has 148 valence electrons. The lowest BCUT2D eigenvalue weighted by atomic mass is 10.1. The number of guanidine groups is 1. The molecule has 1 aromatic heterocycles. The van der Waals surface area contributed by atoms with Gasteiger partial charge in [-0.2, -0.15) is 5.10 Å². The summed E-state index contributed by atoms with van der Waals surface area (Å²) >= 11 is 0. The second-order valence-electron chi connectivity index (χ2n) is 6.22. The Hall–Kier alpha value is -2.10. The standard InChI is InChI=1S/C19H28N6O.HI/c1-5-14(2)18(26)24-16-8-6-7-15(11-16)12-21-19(20-3)22-13-17-9-10-23-25(17)4;/h6-11,14H,5,12-13H2,1-4H3,(H,24,26)(H2,20,21,22);1H. The normalized spacial score (nSPS) is 12.1. The van der Waals surface area contributed by atoms with Gasteiger partial charge in [0, 0.05) is 38.4 Å². The molecule has 2 aromatic rings. The van der Waals surface area contributed by atoms with Gasteiger partial charge in [-0.3, -0.25) is 14.5 Å². The average Bonchev–Trinajstić information content (AvgIpc) is 3.06. The van der Waals surface area contributed by atoms with E-state index in [1.165, 1.54) is 0 Å². The molecule has 3 N–H and O–H groups in total. The van der Waals surface area contributed by atoms with Crippen molar-refractivity contribution in [2.75, 3.05) is 12.4 Å². The first kappa shape index (κ1) is 22.9. The van der Waals surface area contributed by atoms with Crippen LogP contribution in [-0.2, 0) is 24.9 Å². The van der Waals surface area contributed by atoms with Crippen LogP contribution in [0, 0.1) is 5.92 Å². The van der Waals surface area contributed by atoms with Gasteiger partial charge in [0.15, 0.2) is 5.96 Å². The molecule has 8 heteroatoms. The molecule has 0 aliphatic carbocycles. The monoisotopic (exact) mass is 484 g/mol. The number of nitrogens with one attached hydrogen (secondary N) is 3. The summed E-state index contributed by atoms with van der Waals surface area (Å²) in [6.07, 6.45) is 2.60. The Morgan fingerprint density at radius 3 is 2.63 bits per heavy atom. The van der Waals surface area contributed by atoms with Gasteiger partial charge in [-0.1, -0.05) is 26.0 Å². The second-order valence-corrected chi connectivity index (χ2v) is 6.22. The number of anilines is 1. The molecule has 0 bridgehead atoms. The number of hydrogen-bond donors (Lipinski definition) is 3. The summed E-state index contributed by atoms with van der Waals surface area (Å²) in [4.78, 5) is 16.3. The van der Waals surface area contributed by atoms with Gasteiger partial charge in [0.1, 0.15) is 0 Å². The molecule has 0 saturated heterocycles. The minimum Gasteiger partial charge on any atom is -0.352 e. The summed E-state index contributed by atoms with van der Waals surface area (Å²) in [6, 6.07) is 9.79. The van der Waals surface area contributed by atoms with Crippen molar-refractivity contribution in [1.82, 2.24) is 20.4 Å². The van der Waals surface area contributed by atoms with Crippen LogP contribution in [0.15, 0.2) is 41.5 Å². The molecule has 1 heterocycles. The quantitative estimate of drug-likeness (QED) is 0.321. The number of nitrogens with zero attached hydrogens (tertiary/aromatic N) is 3. The predicted octanol–water partition coefficient (Wildman–Crippen LogP) is 2.89. The molecule has 0 spiro atoms. The van der Waals surface area contributed by atoms with E-state index in [0.717, 1.165) is 23.4 Å². The number of aromatic nitrogens is 2. The van der Waals surface area contributed by atoms with Crippen molar-refractivity contribution in [2.24, 2.45) is 18.0 Å². The van der Waals surface area contributed by atoms with Gasteiger partial charge in [0.05, 0.1) is 12.2 Å². The average molecular weight is 484 g/mol. The molecule has 1 aromatic carbocycles. The third-order valence-corrected chi connectivity index (χ3v) is 4.30. The van der Waals surface area contributed by atoms with Crippen LogP contribution in [0.3, 0.4) is 0 Å². The van der Waals surface area contributed by atoms with Crippen molar-refractivity contribution < 1.29 is 4.79 Å². The van der Waals surface area contributed by atoms with E-state index in [0.29, 0.717) is 19.0 Å². The van der Waals surface area contributed by atoms with E-state index in [-0.39, 0.29) is 35.8 Å². The second kappa shape index (κ2) is 11.6. The third kappa shape index (κ3) is 7.20. The highest BCUT2D eigenvalue weighted by Crippen LogP contribution is 2.13. The van der Waals surface area contributed by atoms with Crippen LogP contribution in [0.2, 0.25) is 0 Å². The number of carbonyl (C=O) groups excluding carboxylic acids is 1. The molecule has 0 fully saturated rings. The maximum atomic E-state index is 12.0. The van der Waals surface area contributed by atoms with E-state index < -0.39 is 0 Å². The molecule has 2 rings (SSSR count). The van der Waals surface area contributed by atoms with Crippen LogP contribution in [-0.4, -0.2) is 28.7 Å². The van der Waals surface area contributed by atoms with Gasteiger partial charge < -0.3 is 16.0 Å². The Morgan fingerprint density at radius 1 is 1.26 bits per heavy atom. The molecule has 0 aliphatic heterocycles. The fourth-order valence-electron chi connectivity index (χ4n) is 2.37. The van der Waals surface area contributed by atoms with Crippen LogP contribution in [0.25, 0.3) is 0 Å². The molecule has 27 heavy (non-hydrogen) atoms. The van der Waals surface area contributed by atoms with Gasteiger partial charge in [0.25, 0.3) is 0 Å². The molecule has 0 radical (unpaired) electrons. The zero-order valence-electron chi connectivity index (χ0n) is 16.3. The lowest BCUT2D eigenvalue weighted by Gasteiger charge is -2.14. The van der Waals surface area contributed by atoms with Gasteiger partial charge in [-0.25, -0.2) is 0 Å². The summed E-state index contributed by atoms with van der Waals surface area (Å²) < 4.78 is 1.82. The number of carbonyl (C=O) groups is 1. The van der Waals surface area contributed by atoms with Gasteiger partial charge >= 0.3 is 0 Å². The molecule has 0 saturated carbocycles. The first-order valence-corrected chi connectivity index (χ1v) is 8.84. The van der Waals surface area contributed by atoms with Crippen LogP contribution in [0.1, 0.15) is 31.5 Å². The van der Waals surface area contributed by atoms with Crippen molar-refractivity contribution in [3.05, 3.63) is 47.8 Å². The predicted molar refractivity (Wildman–Crippen MR) is 120 cm³/mol. The van der Waals surface area contributed by atoms with Crippen LogP contribution < -0.4 is 16.0 Å². The summed E-state index contributed by atoms with van der Waals surface area (Å²) in [5.41, 5.74) is 2.95. The highest BCUT2D eigenvalue weighted by atomic mass is 127. The fourth-order valence-corrected chi connectivity index (χ4v) is 2.37. The lowest BCUT2D eigenvalue weighted by Crippen LogP contribution is -2.36. The van der Waals surface area contributed by atoms with Gasteiger partial charge in [-0.15, -0.1) is 24.0 Å². The first-order chi connectivity index (χ1) is 12.5. The zero-order chi connectivity index (χ0) is 18.9. The number of hydrogen-bond acceptors (Lipinski definition) is 3. The summed E-state index contributed by atoms with van der Waals surface area (Å²) in [6.45, 7) is 5.19. The lowest BCUT2D eigenvalue weighted by molar-refractivity contribution is -0.119. The van der Waals surface area contributed by atoms with E-state index in [2.05, 4.69) is 26.0 Å². The van der Waals surface area contributed by atoms with E-state index >= 15 is 0 Å². The first-order valence-electron chi connectivity index (χ1n) is 8.84. The molecule has 7 nitrogen and oxygen atoms in total. The van der Waals surface area contributed by atoms with Crippen molar-refractivity contribution in [3.63, 3.8) is 0 Å². The summed E-state index contributed by atoms with van der Waals surface area (Å²) in [5, 5.41) is 13.6. The molecule has 1 amide bonds. The minimum absolute atomic E-state index is 0. The highest BCUT2D eigenvalue weighted by molar-refractivity contribution is 14.0. The topological polar surface area (TPSA) is 83.3 Å². The minimum atomic E-state index is 0. The smallest absolute Gasteiger partial charge is 0.227 e. The Morgan fingerprint density at radius 2 is 2.00 bits per heavy atom. The third-order valence-electron chi connectivity index (χ3n) is 4.30. The zero-order valence-corrected chi connectivity index (χ0v) is 18.7. The molecule has 1 unspecified atom stereocenters. The summed E-state index contributed by atoms with van der Waals surface area (Å²) in [5.74, 6) is 0.762. The van der Waals surface area contributed by atoms with E-state index in [4.69, 9.17) is 0 Å². The van der Waals surface area contributed by atoms with Crippen LogP contribution in [0.5, 0.6) is 0 Å². The Bertz CT molecular complexity index is 758.